The molecule has 0 aromatic carbocycles. The van der Waals surface area contributed by atoms with Crippen LogP contribution in [0.4, 0.5) is 24.5 Å². The second-order valence-electron chi connectivity index (χ2n) is 2.85. The Kier molecular flexibility index (Phi) is 3.27. The minimum atomic E-state index is -5.48. The molecule has 0 aliphatic rings. The van der Waals surface area contributed by atoms with Gasteiger partial charge in [-0.2, -0.15) is 21.6 Å². The van der Waals surface area contributed by atoms with Gasteiger partial charge in [-0.05, 0) is 6.07 Å². The number of hydrogen-bond acceptors (Lipinski definition) is 5. The van der Waals surface area contributed by atoms with Crippen LogP contribution in [0, 0.1) is 0 Å². The fraction of sp³-hybridized carbons (Fsp3) is 0.143. The molecular formula is C7H6F3N3O3S. The number of anilines is 2. The normalized spacial score (nSPS) is 12.2. The van der Waals surface area contributed by atoms with E-state index in [1.54, 1.807) is 0 Å². The zero-order valence-corrected chi connectivity index (χ0v) is 8.84. The SMILES string of the molecule is Nc1ccncc1NS(=O)(=O)C(=O)C(F)(F)F. The maximum atomic E-state index is 11.9. The highest BCUT2D eigenvalue weighted by Gasteiger charge is 2.47. The number of carbonyl (C=O) groups is 1. The molecule has 0 aliphatic heterocycles. The molecule has 17 heavy (non-hydrogen) atoms. The number of nitrogen functional groups attached to an aromatic ring is 1. The van der Waals surface area contributed by atoms with E-state index in [1.807, 2.05) is 0 Å². The van der Waals surface area contributed by atoms with Gasteiger partial charge in [0.25, 0.3) is 0 Å². The molecule has 3 N–H and O–H groups in total. The molecule has 0 amide bonds. The van der Waals surface area contributed by atoms with Crippen LogP contribution < -0.4 is 10.5 Å². The summed E-state index contributed by atoms with van der Waals surface area (Å²) in [5, 5.41) is -2.90. The van der Waals surface area contributed by atoms with Gasteiger partial charge in [-0.3, -0.25) is 14.5 Å². The standard InChI is InChI=1S/C7H6F3N3O3S/c8-7(9,10)6(14)17(15,16)13-5-3-12-2-1-4(5)11/h1-3,13H,(H2,11,12). The first kappa shape index (κ1) is 13.2. The minimum absolute atomic E-state index is 0.154. The summed E-state index contributed by atoms with van der Waals surface area (Å²) in [7, 11) is -5.23. The topological polar surface area (TPSA) is 102 Å². The predicted octanol–water partition coefficient (Wildman–Crippen LogP) is 0.494. The van der Waals surface area contributed by atoms with Gasteiger partial charge in [0.2, 0.25) is 0 Å². The number of nitrogens with one attached hydrogen (secondary N) is 1. The Balaban J connectivity index is 3.04. The summed E-state index contributed by atoms with van der Waals surface area (Å²) in [6, 6.07) is 1.16. The number of rotatable bonds is 2. The second kappa shape index (κ2) is 4.20. The molecule has 1 rings (SSSR count). The average molecular weight is 269 g/mol. The van der Waals surface area contributed by atoms with Crippen LogP contribution in [0.25, 0.3) is 0 Å². The Morgan fingerprint density at radius 1 is 1.41 bits per heavy atom. The van der Waals surface area contributed by atoms with Gasteiger partial charge in [0.1, 0.15) is 0 Å². The highest BCUT2D eigenvalue weighted by atomic mass is 32.2. The van der Waals surface area contributed by atoms with Gasteiger partial charge in [-0.25, -0.2) is 0 Å². The molecule has 1 aromatic heterocycles. The number of sulfonamides is 1. The van der Waals surface area contributed by atoms with Crippen LogP contribution in [0.1, 0.15) is 0 Å². The van der Waals surface area contributed by atoms with E-state index in [1.165, 1.54) is 10.9 Å². The molecule has 0 saturated heterocycles. The van der Waals surface area contributed by atoms with Crippen LogP contribution in [-0.2, 0) is 14.8 Å². The quantitative estimate of drug-likeness (QED) is 0.813. The second-order valence-corrected chi connectivity index (χ2v) is 4.44. The number of halogens is 3. The van der Waals surface area contributed by atoms with E-state index in [9.17, 15) is 26.4 Å². The van der Waals surface area contributed by atoms with Crippen molar-refractivity contribution < 1.29 is 26.4 Å². The molecule has 0 fully saturated rings. The van der Waals surface area contributed by atoms with Crippen molar-refractivity contribution in [1.82, 2.24) is 4.98 Å². The Hall–Kier alpha value is -1.84. The number of nitrogens with two attached hydrogens (primary N) is 1. The molecular weight excluding hydrogens is 263 g/mol. The monoisotopic (exact) mass is 269 g/mol. The molecule has 0 aliphatic carbocycles. The van der Waals surface area contributed by atoms with Gasteiger partial charge in [0.15, 0.2) is 0 Å². The maximum absolute atomic E-state index is 11.9. The van der Waals surface area contributed by atoms with Crippen molar-refractivity contribution in [2.24, 2.45) is 0 Å². The highest BCUT2D eigenvalue weighted by Crippen LogP contribution is 2.23. The minimum Gasteiger partial charge on any atom is -0.397 e. The fourth-order valence-corrected chi connectivity index (χ4v) is 1.69. The summed E-state index contributed by atoms with van der Waals surface area (Å²) in [5.74, 6) is 0. The van der Waals surface area contributed by atoms with Crippen molar-refractivity contribution in [3.8, 4) is 0 Å². The van der Waals surface area contributed by atoms with E-state index in [0.29, 0.717) is 0 Å². The van der Waals surface area contributed by atoms with E-state index < -0.39 is 27.0 Å². The lowest BCUT2D eigenvalue weighted by Gasteiger charge is -2.09. The van der Waals surface area contributed by atoms with Gasteiger partial charge in [-0.15, -0.1) is 0 Å². The third kappa shape index (κ3) is 3.06. The van der Waals surface area contributed by atoms with E-state index in [2.05, 4.69) is 4.98 Å². The van der Waals surface area contributed by atoms with Crippen molar-refractivity contribution in [3.05, 3.63) is 18.5 Å². The van der Waals surface area contributed by atoms with Crippen molar-refractivity contribution >= 4 is 26.5 Å². The van der Waals surface area contributed by atoms with Crippen molar-refractivity contribution in [2.45, 2.75) is 6.18 Å². The van der Waals surface area contributed by atoms with Crippen LogP contribution in [0.3, 0.4) is 0 Å². The molecule has 0 spiro atoms. The van der Waals surface area contributed by atoms with Gasteiger partial charge < -0.3 is 5.73 Å². The van der Waals surface area contributed by atoms with Crippen LogP contribution in [0.15, 0.2) is 18.5 Å². The zero-order chi connectivity index (χ0) is 13.3. The van der Waals surface area contributed by atoms with E-state index in [0.717, 1.165) is 12.3 Å². The third-order valence-electron chi connectivity index (χ3n) is 1.57. The van der Waals surface area contributed by atoms with Crippen molar-refractivity contribution in [2.75, 3.05) is 10.5 Å². The van der Waals surface area contributed by atoms with Crippen molar-refractivity contribution in [1.29, 1.82) is 0 Å². The molecule has 6 nitrogen and oxygen atoms in total. The lowest BCUT2D eigenvalue weighted by atomic mass is 10.4. The molecule has 0 bridgehead atoms. The summed E-state index contributed by atoms with van der Waals surface area (Å²) in [4.78, 5) is 14.0. The number of carbonyl (C=O) groups excluding carboxylic acids is 1. The Morgan fingerprint density at radius 2 is 2.00 bits per heavy atom. The lowest BCUT2D eigenvalue weighted by Crippen LogP contribution is -2.35. The average Bonchev–Trinajstić information content (AvgIpc) is 2.19. The number of hydrogen-bond donors (Lipinski definition) is 2. The Morgan fingerprint density at radius 3 is 2.47 bits per heavy atom. The third-order valence-corrected chi connectivity index (χ3v) is 2.78. The first-order valence-electron chi connectivity index (χ1n) is 3.98. The van der Waals surface area contributed by atoms with E-state index in [-0.39, 0.29) is 5.69 Å². The highest BCUT2D eigenvalue weighted by molar-refractivity contribution is 8.07. The molecule has 1 heterocycles. The first-order valence-corrected chi connectivity index (χ1v) is 5.46. The van der Waals surface area contributed by atoms with Gasteiger partial charge in [0, 0.05) is 6.20 Å². The Bertz CT molecular complexity index is 541. The molecule has 0 saturated carbocycles. The van der Waals surface area contributed by atoms with Gasteiger partial charge in [-0.1, -0.05) is 0 Å². The predicted molar refractivity (Wildman–Crippen MR) is 52.3 cm³/mol. The molecule has 0 radical (unpaired) electrons. The number of aromatic nitrogens is 1. The molecule has 0 atom stereocenters. The molecule has 0 unspecified atom stereocenters. The molecule has 94 valence electrons. The zero-order valence-electron chi connectivity index (χ0n) is 8.02. The summed E-state index contributed by atoms with van der Waals surface area (Å²) in [5.41, 5.74) is 4.73. The number of nitrogens with zero attached hydrogens (tertiary/aromatic N) is 1. The summed E-state index contributed by atoms with van der Waals surface area (Å²) in [6.45, 7) is 0. The van der Waals surface area contributed by atoms with Crippen LogP contribution in [-0.4, -0.2) is 24.7 Å². The largest absolute Gasteiger partial charge is 0.468 e. The summed E-state index contributed by atoms with van der Waals surface area (Å²) < 4.78 is 59.3. The lowest BCUT2D eigenvalue weighted by molar-refractivity contribution is -0.161. The molecule has 10 heteroatoms. The fourth-order valence-electron chi connectivity index (χ4n) is 0.834. The maximum Gasteiger partial charge on any atom is 0.468 e. The Labute approximate surface area is 93.7 Å². The van der Waals surface area contributed by atoms with Crippen LogP contribution in [0.5, 0.6) is 0 Å². The van der Waals surface area contributed by atoms with Crippen molar-refractivity contribution in [3.63, 3.8) is 0 Å². The van der Waals surface area contributed by atoms with Gasteiger partial charge >= 0.3 is 21.3 Å². The van der Waals surface area contributed by atoms with E-state index in [4.69, 9.17) is 5.73 Å². The van der Waals surface area contributed by atoms with Gasteiger partial charge in [0.05, 0.1) is 17.6 Å². The van der Waals surface area contributed by atoms with Crippen LogP contribution in [0.2, 0.25) is 0 Å². The number of alkyl halides is 3. The first-order chi connectivity index (χ1) is 7.64. The smallest absolute Gasteiger partial charge is 0.397 e. The summed E-state index contributed by atoms with van der Waals surface area (Å²) >= 11 is 0. The number of pyridine rings is 1. The molecule has 1 aromatic rings. The summed E-state index contributed by atoms with van der Waals surface area (Å²) in [6.07, 6.45) is -3.39. The van der Waals surface area contributed by atoms with Crippen LogP contribution >= 0.6 is 0 Å². The van der Waals surface area contributed by atoms with E-state index >= 15 is 0 Å².